The summed E-state index contributed by atoms with van der Waals surface area (Å²) in [6, 6.07) is 0. The van der Waals surface area contributed by atoms with Crippen molar-refractivity contribution < 1.29 is 9.47 Å². The quantitative estimate of drug-likeness (QED) is 0.878. The second-order valence-electron chi connectivity index (χ2n) is 5.71. The Morgan fingerprint density at radius 1 is 1.53 bits per heavy atom. The van der Waals surface area contributed by atoms with Crippen LogP contribution in [0.2, 0.25) is 0 Å². The van der Waals surface area contributed by atoms with E-state index in [-0.39, 0.29) is 11.7 Å². The van der Waals surface area contributed by atoms with Crippen LogP contribution >= 0.6 is 0 Å². The van der Waals surface area contributed by atoms with E-state index in [1.54, 1.807) is 0 Å². The molecule has 1 aromatic heterocycles. The molecule has 1 aromatic rings. The Hall–Kier alpha value is -0.910. The molecule has 3 heterocycles. The van der Waals surface area contributed by atoms with E-state index >= 15 is 0 Å². The molecule has 0 aliphatic carbocycles. The van der Waals surface area contributed by atoms with Crippen LogP contribution in [-0.2, 0) is 22.9 Å². The van der Waals surface area contributed by atoms with Gasteiger partial charge in [0.05, 0.1) is 31.1 Å². The summed E-state index contributed by atoms with van der Waals surface area (Å²) in [5.74, 6) is 0. The summed E-state index contributed by atoms with van der Waals surface area (Å²) in [6.45, 7) is 3.66. The first-order valence-corrected chi connectivity index (χ1v) is 7.20. The van der Waals surface area contributed by atoms with Gasteiger partial charge >= 0.3 is 0 Å². The average Bonchev–Trinajstić information content (AvgIpc) is 2.99. The molecule has 2 fully saturated rings. The zero-order valence-electron chi connectivity index (χ0n) is 11.6. The summed E-state index contributed by atoms with van der Waals surface area (Å²) in [5.41, 5.74) is 1.34. The van der Waals surface area contributed by atoms with Gasteiger partial charge in [0, 0.05) is 19.7 Å². The first-order chi connectivity index (χ1) is 9.26. The van der Waals surface area contributed by atoms with Gasteiger partial charge in [-0.3, -0.25) is 4.68 Å². The van der Waals surface area contributed by atoms with E-state index < -0.39 is 0 Å². The van der Waals surface area contributed by atoms with E-state index in [0.717, 1.165) is 52.0 Å². The SMILES string of the molecule is Cn1cc(CCOC2COC3(CCNCC3)C2)cn1. The molecule has 2 saturated heterocycles. The Kier molecular flexibility index (Phi) is 3.86. The molecule has 3 rings (SSSR count). The number of hydrogen-bond acceptors (Lipinski definition) is 4. The third kappa shape index (κ3) is 3.16. The molecule has 1 unspecified atom stereocenters. The number of hydrogen-bond donors (Lipinski definition) is 1. The fraction of sp³-hybridized carbons (Fsp3) is 0.786. The molecular weight excluding hydrogens is 242 g/mol. The third-order valence-electron chi connectivity index (χ3n) is 4.19. The van der Waals surface area contributed by atoms with Gasteiger partial charge in [0.15, 0.2) is 0 Å². The molecule has 1 N–H and O–H groups in total. The normalized spacial score (nSPS) is 26.1. The molecule has 0 bridgehead atoms. The highest BCUT2D eigenvalue weighted by Gasteiger charge is 2.41. The first kappa shape index (κ1) is 13.1. The number of nitrogens with one attached hydrogen (secondary N) is 1. The minimum Gasteiger partial charge on any atom is -0.375 e. The van der Waals surface area contributed by atoms with Crippen molar-refractivity contribution in [2.24, 2.45) is 7.05 Å². The third-order valence-corrected chi connectivity index (χ3v) is 4.19. The van der Waals surface area contributed by atoms with Crippen molar-refractivity contribution in [2.75, 3.05) is 26.3 Å². The second kappa shape index (κ2) is 5.61. The van der Waals surface area contributed by atoms with Gasteiger partial charge in [-0.1, -0.05) is 0 Å². The van der Waals surface area contributed by atoms with E-state index in [0.29, 0.717) is 0 Å². The van der Waals surface area contributed by atoms with Crippen LogP contribution in [0.1, 0.15) is 24.8 Å². The largest absolute Gasteiger partial charge is 0.375 e. The van der Waals surface area contributed by atoms with Crippen LogP contribution in [0.3, 0.4) is 0 Å². The summed E-state index contributed by atoms with van der Waals surface area (Å²) in [6.07, 6.45) is 8.45. The van der Waals surface area contributed by atoms with Crippen LogP contribution in [-0.4, -0.2) is 47.8 Å². The van der Waals surface area contributed by atoms with Crippen LogP contribution in [0.4, 0.5) is 0 Å². The predicted octanol–water partition coefficient (Wildman–Crippen LogP) is 0.890. The Balaban J connectivity index is 1.42. The highest BCUT2D eigenvalue weighted by atomic mass is 16.6. The van der Waals surface area contributed by atoms with Gasteiger partial charge in [-0.2, -0.15) is 5.10 Å². The topological polar surface area (TPSA) is 48.3 Å². The Morgan fingerprint density at radius 3 is 3.11 bits per heavy atom. The Bertz CT molecular complexity index is 413. The van der Waals surface area contributed by atoms with Crippen LogP contribution in [0.25, 0.3) is 0 Å². The summed E-state index contributed by atoms with van der Waals surface area (Å²) in [7, 11) is 1.94. The lowest BCUT2D eigenvalue weighted by atomic mass is 9.89. The molecule has 0 radical (unpaired) electrons. The number of ether oxygens (including phenoxy) is 2. The molecule has 1 spiro atoms. The minimum absolute atomic E-state index is 0.101. The maximum Gasteiger partial charge on any atom is 0.0836 e. The average molecular weight is 265 g/mol. The van der Waals surface area contributed by atoms with E-state index in [4.69, 9.17) is 9.47 Å². The molecule has 2 aliphatic rings. The maximum atomic E-state index is 6.02. The molecule has 106 valence electrons. The second-order valence-corrected chi connectivity index (χ2v) is 5.71. The molecule has 0 amide bonds. The molecule has 19 heavy (non-hydrogen) atoms. The zero-order chi connectivity index (χ0) is 13.1. The summed E-state index contributed by atoms with van der Waals surface area (Å²) in [5, 5.41) is 7.55. The number of aromatic nitrogens is 2. The van der Waals surface area contributed by atoms with Crippen molar-refractivity contribution in [1.82, 2.24) is 15.1 Å². The van der Waals surface area contributed by atoms with Crippen molar-refractivity contribution in [2.45, 2.75) is 37.4 Å². The highest BCUT2D eigenvalue weighted by molar-refractivity contribution is 5.03. The van der Waals surface area contributed by atoms with Crippen molar-refractivity contribution in [3.63, 3.8) is 0 Å². The molecule has 5 heteroatoms. The first-order valence-electron chi connectivity index (χ1n) is 7.20. The van der Waals surface area contributed by atoms with E-state index in [1.807, 2.05) is 24.1 Å². The van der Waals surface area contributed by atoms with Gasteiger partial charge in [0.25, 0.3) is 0 Å². The lowest BCUT2D eigenvalue weighted by Crippen LogP contribution is -2.41. The number of aryl methyl sites for hydroxylation is 1. The van der Waals surface area contributed by atoms with Crippen LogP contribution < -0.4 is 5.32 Å². The van der Waals surface area contributed by atoms with Gasteiger partial charge in [0.1, 0.15) is 0 Å². The van der Waals surface area contributed by atoms with E-state index in [1.165, 1.54) is 5.56 Å². The van der Waals surface area contributed by atoms with E-state index in [2.05, 4.69) is 10.4 Å². The fourth-order valence-corrected chi connectivity index (χ4v) is 3.08. The molecular formula is C14H23N3O2. The maximum absolute atomic E-state index is 6.02. The molecule has 0 saturated carbocycles. The standard InChI is InChI=1S/C14H23N3O2/c1-17-10-12(9-16-17)2-7-18-13-8-14(19-11-13)3-5-15-6-4-14/h9-10,13,15H,2-8,11H2,1H3. The smallest absolute Gasteiger partial charge is 0.0836 e. The van der Waals surface area contributed by atoms with Gasteiger partial charge in [-0.15, -0.1) is 0 Å². The lowest BCUT2D eigenvalue weighted by Gasteiger charge is -2.32. The van der Waals surface area contributed by atoms with E-state index in [9.17, 15) is 0 Å². The fourth-order valence-electron chi connectivity index (χ4n) is 3.08. The number of piperidine rings is 1. The Morgan fingerprint density at radius 2 is 2.37 bits per heavy atom. The molecule has 5 nitrogen and oxygen atoms in total. The monoisotopic (exact) mass is 265 g/mol. The van der Waals surface area contributed by atoms with Crippen molar-refractivity contribution >= 4 is 0 Å². The summed E-state index contributed by atoms with van der Waals surface area (Å²) >= 11 is 0. The Labute approximate surface area is 114 Å². The summed E-state index contributed by atoms with van der Waals surface area (Å²) < 4.78 is 13.8. The van der Waals surface area contributed by atoms with Crippen LogP contribution in [0.15, 0.2) is 12.4 Å². The van der Waals surface area contributed by atoms with Crippen molar-refractivity contribution in [1.29, 1.82) is 0 Å². The molecule has 2 aliphatic heterocycles. The minimum atomic E-state index is 0.101. The van der Waals surface area contributed by atoms with Gasteiger partial charge in [-0.05, 0) is 37.9 Å². The van der Waals surface area contributed by atoms with Gasteiger partial charge in [0.2, 0.25) is 0 Å². The number of rotatable bonds is 4. The lowest BCUT2D eigenvalue weighted by molar-refractivity contribution is -0.0232. The zero-order valence-corrected chi connectivity index (χ0v) is 11.6. The summed E-state index contributed by atoms with van der Waals surface area (Å²) in [4.78, 5) is 0. The van der Waals surface area contributed by atoms with Gasteiger partial charge < -0.3 is 14.8 Å². The predicted molar refractivity (Wildman–Crippen MR) is 72.1 cm³/mol. The van der Waals surface area contributed by atoms with Crippen LogP contribution in [0.5, 0.6) is 0 Å². The number of nitrogens with zero attached hydrogens (tertiary/aromatic N) is 2. The van der Waals surface area contributed by atoms with Gasteiger partial charge in [-0.25, -0.2) is 0 Å². The molecule has 1 atom stereocenters. The molecule has 0 aromatic carbocycles. The highest BCUT2D eigenvalue weighted by Crippen LogP contribution is 2.35. The van der Waals surface area contributed by atoms with Crippen molar-refractivity contribution in [3.8, 4) is 0 Å². The van der Waals surface area contributed by atoms with Crippen LogP contribution in [0, 0.1) is 0 Å². The van der Waals surface area contributed by atoms with Crippen molar-refractivity contribution in [3.05, 3.63) is 18.0 Å².